The van der Waals surface area contributed by atoms with Crippen molar-refractivity contribution < 1.29 is 9.59 Å². The molecule has 150 valence electrons. The van der Waals surface area contributed by atoms with E-state index in [0.29, 0.717) is 23.7 Å². The molecule has 0 atom stereocenters. The third kappa shape index (κ3) is 5.16. The highest BCUT2D eigenvalue weighted by Gasteiger charge is 2.34. The van der Waals surface area contributed by atoms with Crippen LogP contribution in [0.3, 0.4) is 0 Å². The van der Waals surface area contributed by atoms with Crippen LogP contribution in [0.5, 0.6) is 0 Å². The van der Waals surface area contributed by atoms with Gasteiger partial charge in [0.1, 0.15) is 6.54 Å². The fraction of sp³-hybridized carbons (Fsp3) is 0.455. The van der Waals surface area contributed by atoms with E-state index >= 15 is 0 Å². The molecule has 2 amide bonds. The summed E-state index contributed by atoms with van der Waals surface area (Å²) in [5.41, 5.74) is 1.65. The second-order valence-corrected chi connectivity index (χ2v) is 8.39. The summed E-state index contributed by atoms with van der Waals surface area (Å²) in [4.78, 5) is 29.8. The van der Waals surface area contributed by atoms with Gasteiger partial charge in [0, 0.05) is 42.1 Å². The zero-order valence-electron chi connectivity index (χ0n) is 16.8. The van der Waals surface area contributed by atoms with E-state index < -0.39 is 0 Å². The zero-order valence-corrected chi connectivity index (χ0v) is 17.5. The third-order valence-electron chi connectivity index (χ3n) is 4.98. The van der Waals surface area contributed by atoms with E-state index in [2.05, 4.69) is 13.8 Å². The molecule has 1 aliphatic rings. The highest BCUT2D eigenvalue weighted by molar-refractivity contribution is 6.30. The summed E-state index contributed by atoms with van der Waals surface area (Å²) in [7, 11) is 1.99. The number of rotatable bonds is 8. The Morgan fingerprint density at radius 2 is 1.86 bits per heavy atom. The van der Waals surface area contributed by atoms with Gasteiger partial charge in [0.15, 0.2) is 0 Å². The number of amides is 2. The molecular formula is C22H28ClN3O2. The molecule has 0 aliphatic heterocycles. The van der Waals surface area contributed by atoms with Crippen molar-refractivity contribution in [1.82, 2.24) is 14.4 Å². The molecule has 28 heavy (non-hydrogen) atoms. The molecule has 1 aliphatic carbocycles. The smallest absolute Gasteiger partial charge is 0.254 e. The molecule has 0 bridgehead atoms. The van der Waals surface area contributed by atoms with E-state index in [1.165, 1.54) is 0 Å². The van der Waals surface area contributed by atoms with Gasteiger partial charge < -0.3 is 14.4 Å². The average Bonchev–Trinajstić information content (AvgIpc) is 3.41. The van der Waals surface area contributed by atoms with Crippen molar-refractivity contribution in [3.63, 3.8) is 0 Å². The first-order valence-electron chi connectivity index (χ1n) is 9.79. The van der Waals surface area contributed by atoms with Crippen molar-refractivity contribution in [2.75, 3.05) is 13.1 Å². The van der Waals surface area contributed by atoms with Crippen LogP contribution in [0, 0.1) is 5.92 Å². The Bertz CT molecular complexity index is 825. The van der Waals surface area contributed by atoms with Crippen LogP contribution in [0.2, 0.25) is 5.02 Å². The van der Waals surface area contributed by atoms with Crippen LogP contribution in [0.1, 0.15) is 42.7 Å². The van der Waals surface area contributed by atoms with Crippen LogP contribution in [-0.2, 0) is 18.4 Å². The van der Waals surface area contributed by atoms with E-state index in [9.17, 15) is 9.59 Å². The fourth-order valence-electron chi connectivity index (χ4n) is 3.33. The Labute approximate surface area is 171 Å². The molecule has 1 fully saturated rings. The summed E-state index contributed by atoms with van der Waals surface area (Å²) in [6.07, 6.45) is 4.05. The summed E-state index contributed by atoms with van der Waals surface area (Å²) < 4.78 is 2.04. The maximum absolute atomic E-state index is 13.1. The number of hydrogen-bond acceptors (Lipinski definition) is 2. The molecule has 0 radical (unpaired) electrons. The van der Waals surface area contributed by atoms with Gasteiger partial charge in [-0.25, -0.2) is 0 Å². The second kappa shape index (κ2) is 8.82. The topological polar surface area (TPSA) is 45.6 Å². The fourth-order valence-corrected chi connectivity index (χ4v) is 3.46. The van der Waals surface area contributed by atoms with Gasteiger partial charge in [0.25, 0.3) is 5.91 Å². The number of carbonyl (C=O) groups excluding carboxylic acids is 2. The Balaban J connectivity index is 1.74. The standard InChI is InChI=1S/C22H28ClN3O2/c1-16(2)13-25(22(28)17-6-8-18(23)9-7-17)15-21(27)26(19-10-11-19)14-20-5-4-12-24(20)3/h4-9,12,16,19H,10-11,13-15H2,1-3H3. The lowest BCUT2D eigenvalue weighted by Crippen LogP contribution is -2.45. The molecule has 0 unspecified atom stereocenters. The van der Waals surface area contributed by atoms with Crippen LogP contribution in [-0.4, -0.2) is 45.3 Å². The Morgan fingerprint density at radius 3 is 2.39 bits per heavy atom. The Hall–Kier alpha value is -2.27. The molecule has 1 aromatic heterocycles. The minimum absolute atomic E-state index is 0.00617. The number of hydrogen-bond donors (Lipinski definition) is 0. The van der Waals surface area contributed by atoms with Gasteiger partial charge in [0.05, 0.1) is 6.54 Å². The van der Waals surface area contributed by atoms with Gasteiger partial charge >= 0.3 is 0 Å². The van der Waals surface area contributed by atoms with Gasteiger partial charge in [-0.05, 0) is 55.2 Å². The first-order valence-corrected chi connectivity index (χ1v) is 10.2. The van der Waals surface area contributed by atoms with Crippen molar-refractivity contribution in [3.05, 3.63) is 58.9 Å². The molecule has 1 saturated carbocycles. The van der Waals surface area contributed by atoms with Crippen LogP contribution in [0.25, 0.3) is 0 Å². The predicted molar refractivity (Wildman–Crippen MR) is 111 cm³/mol. The van der Waals surface area contributed by atoms with Gasteiger partial charge in [-0.1, -0.05) is 25.4 Å². The van der Waals surface area contributed by atoms with Crippen LogP contribution >= 0.6 is 11.6 Å². The molecule has 0 saturated heterocycles. The molecule has 5 nitrogen and oxygen atoms in total. The normalized spacial score (nSPS) is 13.6. The monoisotopic (exact) mass is 401 g/mol. The first-order chi connectivity index (χ1) is 13.3. The number of aryl methyl sites for hydroxylation is 1. The molecule has 0 N–H and O–H groups in total. The van der Waals surface area contributed by atoms with E-state index in [1.54, 1.807) is 29.2 Å². The molecule has 3 rings (SSSR count). The van der Waals surface area contributed by atoms with Crippen molar-refractivity contribution in [2.45, 2.75) is 39.3 Å². The minimum atomic E-state index is -0.131. The van der Waals surface area contributed by atoms with Gasteiger partial charge in [-0.15, -0.1) is 0 Å². The van der Waals surface area contributed by atoms with Crippen LogP contribution < -0.4 is 0 Å². The summed E-state index contributed by atoms with van der Waals surface area (Å²) in [5.74, 6) is 0.145. The molecule has 1 aromatic carbocycles. The highest BCUT2D eigenvalue weighted by Crippen LogP contribution is 2.29. The molecule has 6 heteroatoms. The van der Waals surface area contributed by atoms with Gasteiger partial charge in [0.2, 0.25) is 5.91 Å². The maximum Gasteiger partial charge on any atom is 0.254 e. The van der Waals surface area contributed by atoms with Crippen molar-refractivity contribution >= 4 is 23.4 Å². The Kier molecular flexibility index (Phi) is 6.45. The number of benzene rings is 1. The largest absolute Gasteiger partial charge is 0.353 e. The summed E-state index contributed by atoms with van der Waals surface area (Å²) in [5, 5.41) is 0.588. The number of halogens is 1. The minimum Gasteiger partial charge on any atom is -0.353 e. The van der Waals surface area contributed by atoms with Crippen molar-refractivity contribution in [2.24, 2.45) is 13.0 Å². The maximum atomic E-state index is 13.1. The van der Waals surface area contributed by atoms with E-state index in [4.69, 9.17) is 11.6 Å². The van der Waals surface area contributed by atoms with Crippen LogP contribution in [0.15, 0.2) is 42.6 Å². The number of carbonyl (C=O) groups is 2. The van der Waals surface area contributed by atoms with E-state index in [-0.39, 0.29) is 30.3 Å². The highest BCUT2D eigenvalue weighted by atomic mass is 35.5. The lowest BCUT2D eigenvalue weighted by Gasteiger charge is -2.29. The van der Waals surface area contributed by atoms with E-state index in [0.717, 1.165) is 18.5 Å². The zero-order chi connectivity index (χ0) is 20.3. The van der Waals surface area contributed by atoms with Gasteiger partial charge in [-0.2, -0.15) is 0 Å². The lowest BCUT2D eigenvalue weighted by atomic mass is 10.1. The SMILES string of the molecule is CC(C)CN(CC(=O)N(Cc1cccn1C)C1CC1)C(=O)c1ccc(Cl)cc1. The first kappa shape index (κ1) is 20.5. The quantitative estimate of drug-likeness (QED) is 0.671. The summed E-state index contributed by atoms with van der Waals surface area (Å²) >= 11 is 5.94. The van der Waals surface area contributed by atoms with Crippen LogP contribution in [0.4, 0.5) is 0 Å². The van der Waals surface area contributed by atoms with E-state index in [1.807, 2.05) is 34.8 Å². The molecule has 2 aromatic rings. The lowest BCUT2D eigenvalue weighted by molar-refractivity contribution is -0.133. The number of nitrogens with zero attached hydrogens (tertiary/aromatic N) is 3. The van der Waals surface area contributed by atoms with Gasteiger partial charge in [-0.3, -0.25) is 9.59 Å². The predicted octanol–water partition coefficient (Wildman–Crippen LogP) is 3.97. The average molecular weight is 402 g/mol. The van der Waals surface area contributed by atoms with Crippen molar-refractivity contribution in [1.29, 1.82) is 0 Å². The summed E-state index contributed by atoms with van der Waals surface area (Å²) in [6.45, 7) is 5.32. The summed E-state index contributed by atoms with van der Waals surface area (Å²) in [6, 6.07) is 11.1. The molecule has 1 heterocycles. The number of aromatic nitrogens is 1. The Morgan fingerprint density at radius 1 is 1.18 bits per heavy atom. The second-order valence-electron chi connectivity index (χ2n) is 7.95. The van der Waals surface area contributed by atoms with Crippen molar-refractivity contribution in [3.8, 4) is 0 Å². The molecular weight excluding hydrogens is 374 g/mol. The third-order valence-corrected chi connectivity index (χ3v) is 5.23. The molecule has 0 spiro atoms.